The van der Waals surface area contributed by atoms with E-state index in [2.05, 4.69) is 82.6 Å². The van der Waals surface area contributed by atoms with Gasteiger partial charge in [-0.1, -0.05) is 69.6 Å². The van der Waals surface area contributed by atoms with E-state index in [-0.39, 0.29) is 0 Å². The molecule has 0 heterocycles. The van der Waals surface area contributed by atoms with Crippen molar-refractivity contribution in [2.75, 3.05) is 0 Å². The maximum Gasteiger partial charge on any atom is 0.200 e. The van der Waals surface area contributed by atoms with E-state index in [0.29, 0.717) is 16.6 Å². The zero-order valence-electron chi connectivity index (χ0n) is 14.0. The molecule has 114 valence electrons. The van der Waals surface area contributed by atoms with Gasteiger partial charge in [0.15, 0.2) is 0 Å². The van der Waals surface area contributed by atoms with Crippen molar-refractivity contribution >= 4 is 24.2 Å². The van der Waals surface area contributed by atoms with Crippen molar-refractivity contribution in [1.29, 1.82) is 0 Å². The molecule has 3 heteroatoms. The molecule has 0 aliphatic carbocycles. The second kappa shape index (κ2) is 7.23. The van der Waals surface area contributed by atoms with E-state index >= 15 is 0 Å². The molecule has 0 atom stereocenters. The molecule has 1 aromatic carbocycles. The standard InChI is InChI=1S/C17H29BrOSi/c1-12(2)20(13(3)4,14(5)6)19-11-16-8-9-17(18)15(7)10-16/h8-10,12-14H,11H2,1-7H3. The Bertz CT molecular complexity index is 419. The summed E-state index contributed by atoms with van der Waals surface area (Å²) < 4.78 is 7.79. The monoisotopic (exact) mass is 356 g/mol. The molecule has 0 saturated carbocycles. The van der Waals surface area contributed by atoms with Crippen LogP contribution in [-0.4, -0.2) is 8.32 Å². The normalized spacial score (nSPS) is 12.8. The number of halogens is 1. The van der Waals surface area contributed by atoms with Crippen molar-refractivity contribution in [2.45, 2.75) is 71.7 Å². The van der Waals surface area contributed by atoms with Gasteiger partial charge >= 0.3 is 0 Å². The average Bonchev–Trinajstić information content (AvgIpc) is 2.33. The topological polar surface area (TPSA) is 9.23 Å². The quantitative estimate of drug-likeness (QED) is 0.532. The molecular formula is C17H29BrOSi. The summed E-state index contributed by atoms with van der Waals surface area (Å²) in [6.45, 7) is 16.9. The first-order valence-corrected chi connectivity index (χ1v) is 10.5. The molecule has 20 heavy (non-hydrogen) atoms. The lowest BCUT2D eigenvalue weighted by atomic mass is 10.1. The third-order valence-electron chi connectivity index (χ3n) is 4.42. The van der Waals surface area contributed by atoms with Crippen molar-refractivity contribution in [3.05, 3.63) is 33.8 Å². The van der Waals surface area contributed by atoms with Crippen LogP contribution in [0.1, 0.15) is 52.7 Å². The first kappa shape index (κ1) is 17.9. The van der Waals surface area contributed by atoms with Crippen molar-refractivity contribution < 1.29 is 4.43 Å². The lowest BCUT2D eigenvalue weighted by Gasteiger charge is -2.42. The summed E-state index contributed by atoms with van der Waals surface area (Å²) in [6.07, 6.45) is 0. The van der Waals surface area contributed by atoms with Crippen molar-refractivity contribution in [2.24, 2.45) is 0 Å². The maximum atomic E-state index is 6.62. The van der Waals surface area contributed by atoms with Crippen LogP contribution in [0, 0.1) is 6.92 Å². The molecule has 0 aliphatic heterocycles. The van der Waals surface area contributed by atoms with Gasteiger partial charge in [-0.3, -0.25) is 0 Å². The van der Waals surface area contributed by atoms with Crippen molar-refractivity contribution in [1.82, 2.24) is 0 Å². The molecule has 0 radical (unpaired) electrons. The van der Waals surface area contributed by atoms with Gasteiger partial charge in [-0.2, -0.15) is 0 Å². The minimum absolute atomic E-state index is 0.638. The molecule has 0 aliphatic rings. The summed E-state index contributed by atoms with van der Waals surface area (Å²) in [5, 5.41) is 0. The van der Waals surface area contributed by atoms with Gasteiger partial charge in [0.1, 0.15) is 0 Å². The fraction of sp³-hybridized carbons (Fsp3) is 0.647. The highest BCUT2D eigenvalue weighted by Gasteiger charge is 2.44. The molecule has 0 bridgehead atoms. The molecule has 0 fully saturated rings. The van der Waals surface area contributed by atoms with Crippen LogP contribution in [0.3, 0.4) is 0 Å². The number of hydrogen-bond donors (Lipinski definition) is 0. The first-order valence-electron chi connectivity index (χ1n) is 7.60. The summed E-state index contributed by atoms with van der Waals surface area (Å²) >= 11 is 3.56. The predicted octanol–water partition coefficient (Wildman–Crippen LogP) is 6.45. The summed E-state index contributed by atoms with van der Waals surface area (Å²) in [6, 6.07) is 6.51. The molecule has 0 spiro atoms. The second-order valence-electron chi connectivity index (χ2n) is 6.69. The zero-order valence-corrected chi connectivity index (χ0v) is 16.5. The largest absolute Gasteiger partial charge is 0.412 e. The number of aryl methyl sites for hydroxylation is 1. The fourth-order valence-corrected chi connectivity index (χ4v) is 9.17. The molecule has 1 aromatic rings. The van der Waals surface area contributed by atoms with Crippen molar-refractivity contribution in [3.63, 3.8) is 0 Å². The number of hydrogen-bond acceptors (Lipinski definition) is 1. The van der Waals surface area contributed by atoms with Gasteiger partial charge in [-0.15, -0.1) is 0 Å². The minimum Gasteiger partial charge on any atom is -0.412 e. The Morgan fingerprint density at radius 2 is 1.50 bits per heavy atom. The van der Waals surface area contributed by atoms with Crippen LogP contribution in [0.4, 0.5) is 0 Å². The Morgan fingerprint density at radius 3 is 1.90 bits per heavy atom. The highest BCUT2D eigenvalue weighted by Crippen LogP contribution is 2.42. The second-order valence-corrected chi connectivity index (χ2v) is 13.0. The van der Waals surface area contributed by atoms with Crippen LogP contribution < -0.4 is 0 Å². The zero-order chi connectivity index (χ0) is 15.5. The summed E-state index contributed by atoms with van der Waals surface area (Å²) in [7, 11) is -1.75. The van der Waals surface area contributed by atoms with Crippen LogP contribution >= 0.6 is 15.9 Å². The molecule has 0 aromatic heterocycles. The van der Waals surface area contributed by atoms with E-state index in [4.69, 9.17) is 4.43 Å². The third-order valence-corrected chi connectivity index (χ3v) is 11.4. The van der Waals surface area contributed by atoms with Crippen LogP contribution in [0.25, 0.3) is 0 Å². The van der Waals surface area contributed by atoms with E-state index in [1.165, 1.54) is 15.6 Å². The Balaban J connectivity index is 2.94. The predicted molar refractivity (Wildman–Crippen MR) is 94.7 cm³/mol. The van der Waals surface area contributed by atoms with Gasteiger partial charge in [0.2, 0.25) is 8.32 Å². The number of rotatable bonds is 6. The smallest absolute Gasteiger partial charge is 0.200 e. The van der Waals surface area contributed by atoms with Crippen molar-refractivity contribution in [3.8, 4) is 0 Å². The highest BCUT2D eigenvalue weighted by molar-refractivity contribution is 9.10. The number of benzene rings is 1. The molecule has 0 amide bonds. The summed E-state index contributed by atoms with van der Waals surface area (Å²) in [4.78, 5) is 0. The van der Waals surface area contributed by atoms with E-state index in [9.17, 15) is 0 Å². The highest BCUT2D eigenvalue weighted by atomic mass is 79.9. The molecule has 0 N–H and O–H groups in total. The Hall–Kier alpha value is -0.123. The minimum atomic E-state index is -1.75. The van der Waals surface area contributed by atoms with Gasteiger partial charge in [-0.25, -0.2) is 0 Å². The molecule has 0 saturated heterocycles. The molecule has 1 nitrogen and oxygen atoms in total. The van der Waals surface area contributed by atoms with Gasteiger partial charge in [0, 0.05) is 4.47 Å². The van der Waals surface area contributed by atoms with E-state index in [1.807, 2.05) is 0 Å². The summed E-state index contributed by atoms with van der Waals surface area (Å²) in [5.74, 6) is 0. The first-order chi connectivity index (χ1) is 9.21. The van der Waals surface area contributed by atoms with Crippen LogP contribution in [-0.2, 0) is 11.0 Å². The lowest BCUT2D eigenvalue weighted by molar-refractivity contribution is 0.266. The van der Waals surface area contributed by atoms with Gasteiger partial charge < -0.3 is 4.43 Å². The lowest BCUT2D eigenvalue weighted by Crippen LogP contribution is -2.47. The van der Waals surface area contributed by atoms with Gasteiger partial charge in [0.25, 0.3) is 0 Å². The van der Waals surface area contributed by atoms with Gasteiger partial charge in [0.05, 0.1) is 6.61 Å². The third kappa shape index (κ3) is 3.74. The molecular weight excluding hydrogens is 328 g/mol. The van der Waals surface area contributed by atoms with Crippen LogP contribution in [0.5, 0.6) is 0 Å². The van der Waals surface area contributed by atoms with Crippen LogP contribution in [0.15, 0.2) is 22.7 Å². The maximum absolute atomic E-state index is 6.62. The molecule has 0 unspecified atom stereocenters. The van der Waals surface area contributed by atoms with Crippen LogP contribution in [0.2, 0.25) is 16.6 Å². The van der Waals surface area contributed by atoms with E-state index in [0.717, 1.165) is 6.61 Å². The van der Waals surface area contributed by atoms with Gasteiger partial charge in [-0.05, 0) is 40.7 Å². The Labute approximate surface area is 134 Å². The fourth-order valence-electron chi connectivity index (χ4n) is 3.50. The summed E-state index contributed by atoms with van der Waals surface area (Å²) in [5.41, 5.74) is 4.47. The molecule has 1 rings (SSSR count). The SMILES string of the molecule is Cc1cc(CO[Si](C(C)C)(C(C)C)C(C)C)ccc1Br. The Morgan fingerprint density at radius 1 is 1.00 bits per heavy atom. The van der Waals surface area contributed by atoms with E-state index < -0.39 is 8.32 Å². The average molecular weight is 357 g/mol. The van der Waals surface area contributed by atoms with E-state index in [1.54, 1.807) is 0 Å². The Kier molecular flexibility index (Phi) is 6.48.